The molecule has 8 heteroatoms. The number of rotatable bonds is 9. The average Bonchev–Trinajstić information content (AvgIpc) is 2.87. The van der Waals surface area contributed by atoms with Gasteiger partial charge in [0.15, 0.2) is 28.8 Å². The first-order valence-corrected chi connectivity index (χ1v) is 12.6. The number of allylic oxidation sites excluding steroid dienone is 2. The number of ether oxygens (including phenoxy) is 5. The SMILES string of the molecule is CCOc1cc(C2CC(=O)NC3=C2C(=O)CC(c2cc(OC)c(OC)c(OC)c2)C3)ccc1OC(C)C. The molecule has 1 N–H and O–H groups in total. The van der Waals surface area contributed by atoms with Crippen molar-refractivity contribution in [1.82, 2.24) is 5.32 Å². The quantitative estimate of drug-likeness (QED) is 0.514. The fourth-order valence-electron chi connectivity index (χ4n) is 5.18. The third-order valence-electron chi connectivity index (χ3n) is 6.73. The second kappa shape index (κ2) is 11.2. The molecule has 2 unspecified atom stereocenters. The van der Waals surface area contributed by atoms with Crippen LogP contribution < -0.4 is 29.0 Å². The number of hydrogen-bond acceptors (Lipinski definition) is 7. The van der Waals surface area contributed by atoms with Crippen molar-refractivity contribution in [1.29, 1.82) is 0 Å². The van der Waals surface area contributed by atoms with Crippen LogP contribution in [0.25, 0.3) is 0 Å². The van der Waals surface area contributed by atoms with Crippen molar-refractivity contribution >= 4 is 11.7 Å². The molecular formula is C29H35NO7. The summed E-state index contributed by atoms with van der Waals surface area (Å²) in [4.78, 5) is 26.4. The van der Waals surface area contributed by atoms with Crippen molar-refractivity contribution in [3.8, 4) is 28.7 Å². The lowest BCUT2D eigenvalue weighted by Gasteiger charge is -2.35. The van der Waals surface area contributed by atoms with Crippen molar-refractivity contribution in [2.45, 2.75) is 58.0 Å². The van der Waals surface area contributed by atoms with Gasteiger partial charge in [-0.3, -0.25) is 9.59 Å². The molecule has 37 heavy (non-hydrogen) atoms. The molecule has 0 fully saturated rings. The number of Topliss-reactive ketones (excluding diaryl/α,β-unsaturated/α-hetero) is 1. The number of amides is 1. The standard InChI is InChI=1S/C29H35NO7/c1-7-36-24-12-17(8-9-23(24)37-16(2)3)20-15-27(32)30-21-10-18(11-22(31)28(20)21)19-13-25(33-4)29(35-6)26(14-19)34-5/h8-9,12-14,16,18,20H,7,10-11,15H2,1-6H3,(H,30,32). The van der Waals surface area contributed by atoms with Crippen molar-refractivity contribution in [3.63, 3.8) is 0 Å². The van der Waals surface area contributed by atoms with Gasteiger partial charge in [0.25, 0.3) is 0 Å². The molecule has 1 aliphatic heterocycles. The normalized spacial score (nSPS) is 19.3. The number of carbonyl (C=O) groups excluding carboxylic acids is 2. The van der Waals surface area contributed by atoms with Gasteiger partial charge in [-0.25, -0.2) is 0 Å². The van der Waals surface area contributed by atoms with Crippen LogP contribution in [-0.4, -0.2) is 45.7 Å². The van der Waals surface area contributed by atoms with Crippen LogP contribution in [0.5, 0.6) is 28.7 Å². The van der Waals surface area contributed by atoms with E-state index in [9.17, 15) is 9.59 Å². The van der Waals surface area contributed by atoms with E-state index in [1.165, 1.54) is 0 Å². The van der Waals surface area contributed by atoms with Gasteiger partial charge in [-0.15, -0.1) is 0 Å². The van der Waals surface area contributed by atoms with E-state index >= 15 is 0 Å². The summed E-state index contributed by atoms with van der Waals surface area (Å²) in [7, 11) is 4.68. The summed E-state index contributed by atoms with van der Waals surface area (Å²) < 4.78 is 28.2. The van der Waals surface area contributed by atoms with Gasteiger partial charge >= 0.3 is 0 Å². The Bertz CT molecular complexity index is 1190. The maximum Gasteiger partial charge on any atom is 0.225 e. The number of benzene rings is 2. The van der Waals surface area contributed by atoms with Crippen LogP contribution in [-0.2, 0) is 9.59 Å². The van der Waals surface area contributed by atoms with Crippen molar-refractivity contribution < 1.29 is 33.3 Å². The summed E-state index contributed by atoms with van der Waals surface area (Å²) >= 11 is 0. The smallest absolute Gasteiger partial charge is 0.225 e. The predicted molar refractivity (Wildman–Crippen MR) is 139 cm³/mol. The van der Waals surface area contributed by atoms with Crippen molar-refractivity contribution in [3.05, 3.63) is 52.7 Å². The molecule has 0 radical (unpaired) electrons. The third kappa shape index (κ3) is 5.38. The van der Waals surface area contributed by atoms with Crippen LogP contribution in [0.2, 0.25) is 0 Å². The molecule has 0 aromatic heterocycles. The second-order valence-electron chi connectivity index (χ2n) is 9.49. The van der Waals surface area contributed by atoms with Crippen LogP contribution in [0.1, 0.15) is 63.0 Å². The van der Waals surface area contributed by atoms with Crippen molar-refractivity contribution in [2.75, 3.05) is 27.9 Å². The molecule has 1 heterocycles. The van der Waals surface area contributed by atoms with E-state index in [2.05, 4.69) is 5.32 Å². The molecule has 4 rings (SSSR count). The fourth-order valence-corrected chi connectivity index (χ4v) is 5.18. The molecule has 198 valence electrons. The summed E-state index contributed by atoms with van der Waals surface area (Å²) in [6.07, 6.45) is 1.04. The van der Waals surface area contributed by atoms with E-state index in [0.717, 1.165) is 11.1 Å². The van der Waals surface area contributed by atoms with E-state index in [1.807, 2.05) is 51.1 Å². The van der Waals surface area contributed by atoms with Gasteiger partial charge in [0, 0.05) is 30.0 Å². The van der Waals surface area contributed by atoms with Crippen LogP contribution in [0.4, 0.5) is 0 Å². The molecule has 0 saturated heterocycles. The lowest BCUT2D eigenvalue weighted by atomic mass is 9.73. The van der Waals surface area contributed by atoms with E-state index in [4.69, 9.17) is 23.7 Å². The van der Waals surface area contributed by atoms with E-state index in [-0.39, 0.29) is 36.1 Å². The first-order valence-electron chi connectivity index (χ1n) is 12.6. The zero-order chi connectivity index (χ0) is 26.7. The molecule has 0 bridgehead atoms. The molecule has 2 aromatic rings. The molecule has 2 atom stereocenters. The average molecular weight is 510 g/mol. The minimum Gasteiger partial charge on any atom is -0.493 e. The Labute approximate surface area is 217 Å². The topological polar surface area (TPSA) is 92.3 Å². The van der Waals surface area contributed by atoms with Gasteiger partial charge in [0.1, 0.15) is 0 Å². The third-order valence-corrected chi connectivity index (χ3v) is 6.73. The summed E-state index contributed by atoms with van der Waals surface area (Å²) in [5.74, 6) is 2.24. The van der Waals surface area contributed by atoms with E-state index in [0.29, 0.717) is 59.5 Å². The zero-order valence-electron chi connectivity index (χ0n) is 22.3. The van der Waals surface area contributed by atoms with Gasteiger partial charge in [0.2, 0.25) is 11.7 Å². The summed E-state index contributed by atoms with van der Waals surface area (Å²) in [6.45, 7) is 6.30. The first-order chi connectivity index (χ1) is 17.8. The number of methoxy groups -OCH3 is 3. The van der Waals surface area contributed by atoms with Crippen molar-refractivity contribution in [2.24, 2.45) is 0 Å². The molecule has 1 amide bonds. The highest BCUT2D eigenvalue weighted by molar-refractivity contribution is 6.02. The molecule has 2 aromatic carbocycles. The van der Waals surface area contributed by atoms with Gasteiger partial charge in [-0.2, -0.15) is 0 Å². The second-order valence-corrected chi connectivity index (χ2v) is 9.49. The number of hydrogen-bond donors (Lipinski definition) is 1. The van der Waals surface area contributed by atoms with E-state index in [1.54, 1.807) is 21.3 Å². The summed E-state index contributed by atoms with van der Waals surface area (Å²) in [6, 6.07) is 9.42. The monoisotopic (exact) mass is 509 g/mol. The van der Waals surface area contributed by atoms with Crippen LogP contribution in [0.15, 0.2) is 41.6 Å². The highest BCUT2D eigenvalue weighted by Crippen LogP contribution is 2.47. The number of carbonyl (C=O) groups is 2. The lowest BCUT2D eigenvalue weighted by Crippen LogP contribution is -2.38. The van der Waals surface area contributed by atoms with Crippen LogP contribution in [0, 0.1) is 0 Å². The molecule has 0 spiro atoms. The lowest BCUT2D eigenvalue weighted by molar-refractivity contribution is -0.122. The Morgan fingerprint density at radius 3 is 2.14 bits per heavy atom. The molecule has 0 saturated carbocycles. The minimum atomic E-state index is -0.343. The highest BCUT2D eigenvalue weighted by atomic mass is 16.5. The Balaban J connectivity index is 1.71. The Morgan fingerprint density at radius 2 is 1.54 bits per heavy atom. The van der Waals surface area contributed by atoms with Gasteiger partial charge in [0.05, 0.1) is 34.0 Å². The van der Waals surface area contributed by atoms with Gasteiger partial charge < -0.3 is 29.0 Å². The fraction of sp³-hybridized carbons (Fsp3) is 0.448. The Morgan fingerprint density at radius 1 is 0.865 bits per heavy atom. The summed E-state index contributed by atoms with van der Waals surface area (Å²) in [5.41, 5.74) is 3.10. The Hall–Kier alpha value is -3.68. The maximum absolute atomic E-state index is 13.6. The maximum atomic E-state index is 13.6. The summed E-state index contributed by atoms with van der Waals surface area (Å²) in [5, 5.41) is 2.98. The molecule has 1 aliphatic carbocycles. The van der Waals surface area contributed by atoms with Gasteiger partial charge in [-0.05, 0) is 68.5 Å². The highest BCUT2D eigenvalue weighted by Gasteiger charge is 2.39. The molecule has 8 nitrogen and oxygen atoms in total. The van der Waals surface area contributed by atoms with Crippen LogP contribution in [0.3, 0.4) is 0 Å². The minimum absolute atomic E-state index is 0.00751. The molecule has 2 aliphatic rings. The van der Waals surface area contributed by atoms with Gasteiger partial charge in [-0.1, -0.05) is 6.07 Å². The number of nitrogens with one attached hydrogen (secondary N) is 1. The zero-order valence-corrected chi connectivity index (χ0v) is 22.3. The molecular weight excluding hydrogens is 474 g/mol. The van der Waals surface area contributed by atoms with E-state index < -0.39 is 0 Å². The first kappa shape index (κ1) is 26.4. The predicted octanol–water partition coefficient (Wildman–Crippen LogP) is 4.90. The van der Waals surface area contributed by atoms with Crippen LogP contribution >= 0.6 is 0 Å². The Kier molecular flexibility index (Phi) is 7.95. The largest absolute Gasteiger partial charge is 0.493 e. The number of ketones is 1.